The molecule has 1 aliphatic heterocycles. The minimum Gasteiger partial charge on any atom is -0.493 e. The maximum absolute atomic E-state index is 13.1. The lowest BCUT2D eigenvalue weighted by Crippen LogP contribution is -2.29. The second-order valence-electron chi connectivity index (χ2n) is 7.83. The summed E-state index contributed by atoms with van der Waals surface area (Å²) in [5.41, 5.74) is 2.06. The van der Waals surface area contributed by atoms with Crippen molar-refractivity contribution in [1.82, 2.24) is 14.8 Å². The van der Waals surface area contributed by atoms with Gasteiger partial charge < -0.3 is 19.5 Å². The largest absolute Gasteiger partial charge is 0.493 e. The van der Waals surface area contributed by atoms with Crippen molar-refractivity contribution >= 4 is 23.7 Å². The van der Waals surface area contributed by atoms with E-state index in [9.17, 15) is 4.79 Å². The van der Waals surface area contributed by atoms with Crippen LogP contribution in [-0.4, -0.2) is 46.8 Å². The quantitative estimate of drug-likeness (QED) is 0.255. The number of unbranched alkanes of at least 4 members (excludes halogenated alkanes) is 1. The van der Waals surface area contributed by atoms with Gasteiger partial charge in [0.25, 0.3) is 0 Å². The van der Waals surface area contributed by atoms with E-state index in [1.807, 2.05) is 32.0 Å². The first-order chi connectivity index (χ1) is 16.0. The van der Waals surface area contributed by atoms with Crippen molar-refractivity contribution in [1.29, 1.82) is 0 Å². The van der Waals surface area contributed by atoms with Crippen LogP contribution in [0.3, 0.4) is 0 Å². The van der Waals surface area contributed by atoms with Crippen molar-refractivity contribution in [2.24, 2.45) is 0 Å². The molecule has 0 aliphatic carbocycles. The fraction of sp³-hybridized carbons (Fsp3) is 0.542. The van der Waals surface area contributed by atoms with Gasteiger partial charge in [0.15, 0.2) is 11.5 Å². The topological polar surface area (TPSA) is 87.5 Å². The van der Waals surface area contributed by atoms with E-state index in [1.165, 1.54) is 0 Å². The molecule has 180 valence electrons. The van der Waals surface area contributed by atoms with Gasteiger partial charge in [0.2, 0.25) is 11.1 Å². The predicted octanol–water partition coefficient (Wildman–Crippen LogP) is 5.21. The minimum absolute atomic E-state index is 0.359. The Morgan fingerprint density at radius 3 is 2.67 bits per heavy atom. The molecule has 1 aromatic carbocycles. The third-order valence-electron chi connectivity index (χ3n) is 5.18. The van der Waals surface area contributed by atoms with Gasteiger partial charge in [-0.05, 0) is 43.9 Å². The number of hydrogen-bond donors (Lipinski definition) is 1. The SMILES string of the molecule is CCCCOc1ccc(C2C(C(=O)OCCC)=C(C)Nc3nc(SCCC)nn32)cc1OC. The first-order valence-electron chi connectivity index (χ1n) is 11.6. The molecule has 0 spiro atoms. The maximum Gasteiger partial charge on any atom is 0.338 e. The highest BCUT2D eigenvalue weighted by Crippen LogP contribution is 2.39. The zero-order valence-corrected chi connectivity index (χ0v) is 21.0. The zero-order valence-electron chi connectivity index (χ0n) is 20.1. The number of aromatic nitrogens is 3. The highest BCUT2D eigenvalue weighted by Gasteiger charge is 2.35. The van der Waals surface area contributed by atoms with E-state index < -0.39 is 6.04 Å². The molecule has 0 bridgehead atoms. The number of methoxy groups -OCH3 is 1. The molecule has 1 atom stereocenters. The molecule has 2 aromatic rings. The average Bonchev–Trinajstić information content (AvgIpc) is 3.22. The Hall–Kier alpha value is -2.68. The van der Waals surface area contributed by atoms with Crippen LogP contribution in [0.1, 0.15) is 65.0 Å². The molecule has 9 heteroatoms. The van der Waals surface area contributed by atoms with Gasteiger partial charge in [0.05, 0.1) is 25.9 Å². The smallest absolute Gasteiger partial charge is 0.338 e. The highest BCUT2D eigenvalue weighted by atomic mass is 32.2. The summed E-state index contributed by atoms with van der Waals surface area (Å²) in [6.45, 7) is 9.06. The van der Waals surface area contributed by atoms with E-state index in [1.54, 1.807) is 23.6 Å². The van der Waals surface area contributed by atoms with E-state index >= 15 is 0 Å². The lowest BCUT2D eigenvalue weighted by molar-refractivity contribution is -0.139. The molecule has 0 saturated heterocycles. The average molecular weight is 475 g/mol. The van der Waals surface area contributed by atoms with E-state index in [4.69, 9.17) is 19.3 Å². The molecule has 0 radical (unpaired) electrons. The molecule has 33 heavy (non-hydrogen) atoms. The highest BCUT2D eigenvalue weighted by molar-refractivity contribution is 7.99. The Bertz CT molecular complexity index is 989. The molecule has 8 nitrogen and oxygen atoms in total. The first-order valence-corrected chi connectivity index (χ1v) is 12.6. The van der Waals surface area contributed by atoms with Crippen LogP contribution in [0.2, 0.25) is 0 Å². The molecule has 3 rings (SSSR count). The summed E-state index contributed by atoms with van der Waals surface area (Å²) in [7, 11) is 1.62. The third-order valence-corrected chi connectivity index (χ3v) is 6.23. The number of anilines is 1. The van der Waals surface area contributed by atoms with Crippen molar-refractivity contribution in [2.75, 3.05) is 31.4 Å². The van der Waals surface area contributed by atoms with Gasteiger partial charge in [-0.25, -0.2) is 9.48 Å². The number of allylic oxidation sites excluding steroid dienone is 1. The van der Waals surface area contributed by atoms with Crippen LogP contribution >= 0.6 is 11.8 Å². The van der Waals surface area contributed by atoms with Gasteiger partial charge >= 0.3 is 5.97 Å². The zero-order chi connectivity index (χ0) is 23.8. The fourth-order valence-electron chi connectivity index (χ4n) is 3.53. The van der Waals surface area contributed by atoms with Crippen LogP contribution in [0.5, 0.6) is 11.5 Å². The fourth-order valence-corrected chi connectivity index (χ4v) is 4.21. The van der Waals surface area contributed by atoms with Crippen LogP contribution in [-0.2, 0) is 9.53 Å². The standard InChI is InChI=1S/C24H34N4O4S/c1-6-9-13-31-18-11-10-17(15-19(18)30-5)21-20(22(29)32-12-7-2)16(4)25-23-26-24(27-28(21)23)33-14-8-3/h10-11,15,21H,6-9,12-14H2,1-5H3,(H,25,26,27). The molecule has 2 heterocycles. The number of ether oxygens (including phenoxy) is 3. The second kappa shape index (κ2) is 12.0. The number of fused-ring (bicyclic) bond motifs is 1. The van der Waals surface area contributed by atoms with Crippen molar-refractivity contribution in [3.8, 4) is 11.5 Å². The third kappa shape index (κ3) is 5.82. The Balaban J connectivity index is 2.04. The van der Waals surface area contributed by atoms with Crippen LogP contribution in [0, 0.1) is 0 Å². The Kier molecular flexibility index (Phi) is 9.05. The Morgan fingerprint density at radius 1 is 1.15 bits per heavy atom. The number of nitrogens with one attached hydrogen (secondary N) is 1. The van der Waals surface area contributed by atoms with Gasteiger partial charge in [0.1, 0.15) is 6.04 Å². The van der Waals surface area contributed by atoms with Crippen LogP contribution in [0.15, 0.2) is 34.6 Å². The number of nitrogens with zero attached hydrogens (tertiary/aromatic N) is 3. The molecule has 0 fully saturated rings. The van der Waals surface area contributed by atoms with Gasteiger partial charge in [-0.15, -0.1) is 5.10 Å². The number of hydrogen-bond acceptors (Lipinski definition) is 8. The van der Waals surface area contributed by atoms with Crippen LogP contribution in [0.4, 0.5) is 5.95 Å². The van der Waals surface area contributed by atoms with Gasteiger partial charge in [-0.2, -0.15) is 4.98 Å². The Morgan fingerprint density at radius 2 is 1.97 bits per heavy atom. The number of esters is 1. The van der Waals surface area contributed by atoms with Gasteiger partial charge in [-0.3, -0.25) is 0 Å². The second-order valence-corrected chi connectivity index (χ2v) is 8.89. The van der Waals surface area contributed by atoms with E-state index in [2.05, 4.69) is 24.1 Å². The summed E-state index contributed by atoms with van der Waals surface area (Å²) in [4.78, 5) is 17.7. The molecular weight excluding hydrogens is 440 g/mol. The summed E-state index contributed by atoms with van der Waals surface area (Å²) >= 11 is 1.59. The number of rotatable bonds is 12. The predicted molar refractivity (Wildman–Crippen MR) is 130 cm³/mol. The van der Waals surface area contributed by atoms with Crippen molar-refractivity contribution in [2.45, 2.75) is 64.6 Å². The van der Waals surface area contributed by atoms with Crippen molar-refractivity contribution < 1.29 is 19.0 Å². The lowest BCUT2D eigenvalue weighted by Gasteiger charge is -2.28. The maximum atomic E-state index is 13.1. The summed E-state index contributed by atoms with van der Waals surface area (Å²) in [5.74, 6) is 2.45. The number of carbonyl (C=O) groups is 1. The first kappa shape index (κ1) is 25.0. The van der Waals surface area contributed by atoms with Gasteiger partial charge in [0, 0.05) is 11.4 Å². The summed E-state index contributed by atoms with van der Waals surface area (Å²) in [6.07, 6.45) is 3.79. The summed E-state index contributed by atoms with van der Waals surface area (Å²) < 4.78 is 18.8. The Labute approximate surface area is 200 Å². The molecule has 1 unspecified atom stereocenters. The number of carbonyl (C=O) groups excluding carboxylic acids is 1. The summed E-state index contributed by atoms with van der Waals surface area (Å²) in [5, 5.41) is 8.63. The molecule has 1 aliphatic rings. The lowest BCUT2D eigenvalue weighted by atomic mass is 9.95. The number of benzene rings is 1. The van der Waals surface area contributed by atoms with E-state index in [-0.39, 0.29) is 5.97 Å². The van der Waals surface area contributed by atoms with Crippen molar-refractivity contribution in [3.05, 3.63) is 35.0 Å². The van der Waals surface area contributed by atoms with Gasteiger partial charge in [-0.1, -0.05) is 45.0 Å². The number of thioether (sulfide) groups is 1. The molecule has 0 amide bonds. The molecule has 1 N–H and O–H groups in total. The normalized spacial score (nSPS) is 15.1. The molecule has 1 aromatic heterocycles. The minimum atomic E-state index is -0.493. The van der Waals surface area contributed by atoms with E-state index in [0.29, 0.717) is 47.1 Å². The molecule has 0 saturated carbocycles. The van der Waals surface area contributed by atoms with Crippen LogP contribution < -0.4 is 14.8 Å². The molecular formula is C24H34N4O4S. The van der Waals surface area contributed by atoms with Crippen molar-refractivity contribution in [3.63, 3.8) is 0 Å². The monoisotopic (exact) mass is 474 g/mol. The van der Waals surface area contributed by atoms with Crippen LogP contribution in [0.25, 0.3) is 0 Å². The van der Waals surface area contributed by atoms with E-state index in [0.717, 1.165) is 37.0 Å². The summed E-state index contributed by atoms with van der Waals surface area (Å²) in [6, 6.07) is 5.25.